The van der Waals surface area contributed by atoms with Crippen molar-refractivity contribution in [3.8, 4) is 0 Å². The smallest absolute Gasteiger partial charge is 0.312 e. The van der Waals surface area contributed by atoms with Crippen LogP contribution in [0.4, 0.5) is 0 Å². The van der Waals surface area contributed by atoms with Crippen LogP contribution in [0.15, 0.2) is 0 Å². The molecule has 0 unspecified atom stereocenters. The van der Waals surface area contributed by atoms with Crippen molar-refractivity contribution in [1.82, 2.24) is 0 Å². The van der Waals surface area contributed by atoms with Gasteiger partial charge in [0.25, 0.3) is 0 Å². The summed E-state index contributed by atoms with van der Waals surface area (Å²) >= 11 is 1.80. The van der Waals surface area contributed by atoms with Crippen molar-refractivity contribution in [2.24, 2.45) is 11.8 Å². The molecule has 2 bridgehead atoms. The number of fused-ring (bicyclic) bond motifs is 2. The minimum Gasteiger partial charge on any atom is -0.481 e. The van der Waals surface area contributed by atoms with Crippen LogP contribution in [0.1, 0.15) is 58.3 Å². The molecule has 2 rings (SSSR count). The molecule has 24 heavy (non-hydrogen) atoms. The van der Waals surface area contributed by atoms with Gasteiger partial charge >= 0.3 is 11.9 Å². The monoisotopic (exact) mass is 358 g/mol. The van der Waals surface area contributed by atoms with Crippen LogP contribution in [0.25, 0.3) is 0 Å². The van der Waals surface area contributed by atoms with Crippen molar-refractivity contribution in [1.29, 1.82) is 0 Å². The summed E-state index contributed by atoms with van der Waals surface area (Å²) in [6.45, 7) is 2.58. The molecule has 2 aliphatic rings. The molecular weight excluding hydrogens is 328 g/mol. The van der Waals surface area contributed by atoms with Crippen molar-refractivity contribution in [3.63, 3.8) is 0 Å². The van der Waals surface area contributed by atoms with Crippen LogP contribution < -0.4 is 0 Å². The highest BCUT2D eigenvalue weighted by molar-refractivity contribution is 7.99. The summed E-state index contributed by atoms with van der Waals surface area (Å²) in [7, 11) is 0. The van der Waals surface area contributed by atoms with E-state index in [9.17, 15) is 14.7 Å². The number of unbranched alkanes of at least 4 members (excludes halogenated alkanes) is 5. The van der Waals surface area contributed by atoms with Gasteiger partial charge in [-0.1, -0.05) is 39.0 Å². The number of hydrogen-bond donors (Lipinski definition) is 1. The van der Waals surface area contributed by atoms with Gasteiger partial charge in [0.2, 0.25) is 0 Å². The number of carboxylic acid groups (broad SMARTS) is 1. The minimum atomic E-state index is -0.943. The van der Waals surface area contributed by atoms with E-state index in [1.807, 2.05) is 0 Å². The van der Waals surface area contributed by atoms with Crippen LogP contribution in [-0.4, -0.2) is 47.4 Å². The molecule has 138 valence electrons. The summed E-state index contributed by atoms with van der Waals surface area (Å²) in [5.74, 6) is -0.813. The second kappa shape index (κ2) is 10.3. The molecule has 4 atom stereocenters. The topological polar surface area (TPSA) is 72.8 Å². The van der Waals surface area contributed by atoms with Gasteiger partial charge in [-0.05, 0) is 25.0 Å². The number of rotatable bonds is 12. The van der Waals surface area contributed by atoms with E-state index in [1.165, 1.54) is 38.5 Å². The zero-order chi connectivity index (χ0) is 17.4. The van der Waals surface area contributed by atoms with Gasteiger partial charge in [0.1, 0.15) is 6.61 Å². The molecule has 5 nitrogen and oxygen atoms in total. The first-order valence-electron chi connectivity index (χ1n) is 9.27. The Morgan fingerprint density at radius 3 is 2.42 bits per heavy atom. The average molecular weight is 359 g/mol. The molecule has 0 aliphatic carbocycles. The summed E-state index contributed by atoms with van der Waals surface area (Å²) in [6.07, 6.45) is 8.65. The van der Waals surface area contributed by atoms with Crippen LogP contribution in [0.2, 0.25) is 0 Å². The maximum absolute atomic E-state index is 12.2. The number of ether oxygens (including phenoxy) is 2. The quantitative estimate of drug-likeness (QED) is 0.425. The Hall–Kier alpha value is -0.750. The van der Waals surface area contributed by atoms with Gasteiger partial charge in [0, 0.05) is 5.75 Å². The number of esters is 1. The molecule has 0 aromatic heterocycles. The van der Waals surface area contributed by atoms with E-state index in [-0.39, 0.29) is 12.2 Å². The Balaban J connectivity index is 1.54. The van der Waals surface area contributed by atoms with Crippen LogP contribution in [0, 0.1) is 11.8 Å². The van der Waals surface area contributed by atoms with E-state index in [0.29, 0.717) is 6.61 Å². The fourth-order valence-corrected chi connectivity index (χ4v) is 4.49. The predicted octanol–water partition coefficient (Wildman–Crippen LogP) is 3.50. The Labute approximate surface area is 148 Å². The van der Waals surface area contributed by atoms with E-state index in [2.05, 4.69) is 6.92 Å². The first-order chi connectivity index (χ1) is 11.6. The summed E-state index contributed by atoms with van der Waals surface area (Å²) in [5, 5.41) is 9.31. The zero-order valence-corrected chi connectivity index (χ0v) is 15.4. The van der Waals surface area contributed by atoms with Crippen LogP contribution in [-0.2, 0) is 19.1 Å². The molecule has 0 spiro atoms. The summed E-state index contributed by atoms with van der Waals surface area (Å²) < 4.78 is 10.9. The average Bonchev–Trinajstić information content (AvgIpc) is 3.17. The minimum absolute atomic E-state index is 0.264. The van der Waals surface area contributed by atoms with E-state index in [4.69, 9.17) is 9.47 Å². The molecular formula is C18H30O5S. The molecule has 2 heterocycles. The third-order valence-corrected chi connectivity index (χ3v) is 5.98. The van der Waals surface area contributed by atoms with Gasteiger partial charge < -0.3 is 14.6 Å². The molecule has 2 aliphatic heterocycles. The van der Waals surface area contributed by atoms with Crippen LogP contribution in [0.5, 0.6) is 0 Å². The SMILES string of the molecule is CCCCCCCCSCCOC(=O)[C@@H]1[C@@H](C(=O)O)[C@@H]2CC[C@H]1O2. The second-order valence-corrected chi connectivity index (χ2v) is 7.95. The summed E-state index contributed by atoms with van der Waals surface area (Å²) in [4.78, 5) is 23.6. The number of carbonyl (C=O) groups excluding carboxylic acids is 1. The van der Waals surface area contributed by atoms with Crippen molar-refractivity contribution in [3.05, 3.63) is 0 Å². The third-order valence-electron chi connectivity index (χ3n) is 4.94. The fraction of sp³-hybridized carbons (Fsp3) is 0.889. The highest BCUT2D eigenvalue weighted by atomic mass is 32.2. The molecule has 2 saturated heterocycles. The first-order valence-corrected chi connectivity index (χ1v) is 10.4. The molecule has 2 fully saturated rings. The molecule has 0 radical (unpaired) electrons. The van der Waals surface area contributed by atoms with Gasteiger partial charge in [0.05, 0.1) is 24.0 Å². The zero-order valence-electron chi connectivity index (χ0n) is 14.6. The lowest BCUT2D eigenvalue weighted by Crippen LogP contribution is -2.39. The fourth-order valence-electron chi connectivity index (χ4n) is 3.67. The van der Waals surface area contributed by atoms with E-state index < -0.39 is 23.8 Å². The standard InChI is InChI=1S/C18H30O5S/c1-2-3-4-5-6-7-11-24-12-10-22-18(21)16-14-9-8-13(23-14)15(16)17(19)20/h13-16H,2-12H2,1H3,(H,19,20)/t13-,14+,15-,16-/m0/s1. The molecule has 6 heteroatoms. The van der Waals surface area contributed by atoms with E-state index in [0.717, 1.165) is 24.3 Å². The second-order valence-electron chi connectivity index (χ2n) is 6.73. The Morgan fingerprint density at radius 1 is 1.04 bits per heavy atom. The van der Waals surface area contributed by atoms with Crippen LogP contribution in [0.3, 0.4) is 0 Å². The Kier molecular flexibility index (Phi) is 8.39. The normalized spacial score (nSPS) is 28.2. The highest BCUT2D eigenvalue weighted by Gasteiger charge is 2.56. The van der Waals surface area contributed by atoms with Gasteiger partial charge in [-0.2, -0.15) is 11.8 Å². The molecule has 0 aromatic carbocycles. The van der Waals surface area contributed by atoms with Gasteiger partial charge in [-0.15, -0.1) is 0 Å². The highest BCUT2D eigenvalue weighted by Crippen LogP contribution is 2.44. The molecule has 1 N–H and O–H groups in total. The number of aliphatic carboxylic acids is 1. The van der Waals surface area contributed by atoms with Crippen molar-refractivity contribution >= 4 is 23.7 Å². The summed E-state index contributed by atoms with van der Waals surface area (Å²) in [5.41, 5.74) is 0. The van der Waals surface area contributed by atoms with Gasteiger partial charge in [-0.3, -0.25) is 9.59 Å². The molecule has 0 aromatic rings. The lowest BCUT2D eigenvalue weighted by molar-refractivity contribution is -0.157. The van der Waals surface area contributed by atoms with Crippen molar-refractivity contribution in [2.75, 3.05) is 18.1 Å². The Bertz CT molecular complexity index is 414. The Morgan fingerprint density at radius 2 is 1.71 bits per heavy atom. The van der Waals surface area contributed by atoms with E-state index >= 15 is 0 Å². The predicted molar refractivity (Wildman–Crippen MR) is 94.2 cm³/mol. The lowest BCUT2D eigenvalue weighted by Gasteiger charge is -2.23. The summed E-state index contributed by atoms with van der Waals surface area (Å²) in [6, 6.07) is 0. The van der Waals surface area contributed by atoms with Gasteiger partial charge in [-0.25, -0.2) is 0 Å². The number of carbonyl (C=O) groups is 2. The molecule has 0 saturated carbocycles. The number of thioether (sulfide) groups is 1. The maximum atomic E-state index is 12.2. The third kappa shape index (κ3) is 5.38. The largest absolute Gasteiger partial charge is 0.481 e. The van der Waals surface area contributed by atoms with Crippen molar-refractivity contribution < 1.29 is 24.2 Å². The lowest BCUT2D eigenvalue weighted by atomic mass is 9.79. The van der Waals surface area contributed by atoms with Gasteiger partial charge in [0.15, 0.2) is 0 Å². The van der Waals surface area contributed by atoms with E-state index in [1.54, 1.807) is 11.8 Å². The van der Waals surface area contributed by atoms with Crippen LogP contribution >= 0.6 is 11.8 Å². The van der Waals surface area contributed by atoms with Crippen molar-refractivity contribution in [2.45, 2.75) is 70.5 Å². The molecule has 0 amide bonds. The first kappa shape index (κ1) is 19.6. The maximum Gasteiger partial charge on any atom is 0.312 e. The number of hydrogen-bond acceptors (Lipinski definition) is 5. The number of carboxylic acids is 1.